The van der Waals surface area contributed by atoms with Gasteiger partial charge in [0, 0.05) is 5.35 Å². The average molecular weight is 244 g/mol. The maximum atomic E-state index is 4.60. The van der Waals surface area contributed by atoms with Crippen LogP contribution in [0.4, 0.5) is 0 Å². The number of hydrogen-bond acceptors (Lipinski definition) is 3. The molecule has 1 aliphatic rings. The van der Waals surface area contributed by atoms with Gasteiger partial charge in [0.1, 0.15) is 0 Å². The van der Waals surface area contributed by atoms with Crippen LogP contribution < -0.4 is 28.7 Å². The molecule has 1 nitrogen and oxygen atoms in total. The smallest absolute Gasteiger partial charge is 0.813 e. The van der Waals surface area contributed by atoms with Gasteiger partial charge in [0.2, 0.25) is 0 Å². The van der Waals surface area contributed by atoms with Gasteiger partial charge < -0.3 is 13.5 Å². The second kappa shape index (κ2) is 7.29. The zero-order valence-corrected chi connectivity index (χ0v) is 11.7. The van der Waals surface area contributed by atoms with Gasteiger partial charge >= 0.3 is 18.9 Å². The van der Waals surface area contributed by atoms with Crippen molar-refractivity contribution in [3.63, 3.8) is 0 Å². The number of aromatic nitrogens is 1. The van der Waals surface area contributed by atoms with E-state index in [1.54, 1.807) is 0 Å². The Balaban J connectivity index is 0.00000112. The summed E-state index contributed by atoms with van der Waals surface area (Å²) < 4.78 is 1.30. The SMILES string of the molecule is CCCc1nc2c(s1)=C[C-](C)C=CC=2.[Li+].[SH-]. The van der Waals surface area contributed by atoms with Gasteiger partial charge in [-0.25, -0.2) is 0 Å². The third kappa shape index (κ3) is 3.75. The molecule has 0 amide bonds. The van der Waals surface area contributed by atoms with E-state index >= 15 is 0 Å². The molecule has 0 saturated heterocycles. The zero-order valence-electron chi connectivity index (χ0n) is 10.0. The van der Waals surface area contributed by atoms with E-state index in [1.165, 1.54) is 21.9 Å². The molecule has 82 valence electrons. The summed E-state index contributed by atoms with van der Waals surface area (Å²) in [6, 6.07) is 0. The van der Waals surface area contributed by atoms with Gasteiger partial charge in [0.25, 0.3) is 0 Å². The van der Waals surface area contributed by atoms with E-state index in [0.717, 1.165) is 11.8 Å². The Bertz CT molecular complexity index is 462. The van der Waals surface area contributed by atoms with Gasteiger partial charge in [-0.3, -0.25) is 4.98 Å². The monoisotopic (exact) mass is 244 g/mol. The number of nitrogens with zero attached hydrogens (tertiary/aromatic N) is 1. The molecule has 0 spiro atoms. The van der Waals surface area contributed by atoms with Crippen LogP contribution >= 0.6 is 11.3 Å². The molecule has 1 heterocycles. The average Bonchev–Trinajstić information content (AvgIpc) is 2.41. The molecule has 0 atom stereocenters. The van der Waals surface area contributed by atoms with E-state index in [-0.39, 0.29) is 32.4 Å². The van der Waals surface area contributed by atoms with Crippen molar-refractivity contribution in [2.75, 3.05) is 0 Å². The van der Waals surface area contributed by atoms with Gasteiger partial charge in [-0.05, 0) is 17.4 Å². The van der Waals surface area contributed by atoms with Crippen molar-refractivity contribution in [1.82, 2.24) is 4.98 Å². The van der Waals surface area contributed by atoms with Crippen molar-refractivity contribution >= 4 is 37.0 Å². The standard InChI is InChI=1S/C12H14NS.Li.H2S/c1-3-5-12-13-10-7-4-6-9(2)8-11(10)14-12;;/h4,6-8H,3,5H2,1-2H3;;1H2/q-1;+1;/p-1. The van der Waals surface area contributed by atoms with Gasteiger partial charge in [-0.1, -0.05) is 13.8 Å². The van der Waals surface area contributed by atoms with E-state index in [0.29, 0.717) is 0 Å². The van der Waals surface area contributed by atoms with Gasteiger partial charge in [0.05, 0.1) is 5.01 Å². The van der Waals surface area contributed by atoms with Crippen molar-refractivity contribution in [3.8, 4) is 0 Å². The van der Waals surface area contributed by atoms with E-state index < -0.39 is 0 Å². The van der Waals surface area contributed by atoms with Crippen LogP contribution in [0, 0.1) is 5.92 Å². The quantitative estimate of drug-likeness (QED) is 0.273. The molecule has 16 heavy (non-hydrogen) atoms. The van der Waals surface area contributed by atoms with Crippen LogP contribution in [-0.4, -0.2) is 4.98 Å². The summed E-state index contributed by atoms with van der Waals surface area (Å²) in [5.74, 6) is 1.30. The molecular weight excluding hydrogens is 229 g/mol. The zero-order chi connectivity index (χ0) is 9.97. The van der Waals surface area contributed by atoms with Crippen molar-refractivity contribution in [3.05, 3.63) is 33.0 Å². The predicted molar refractivity (Wildman–Crippen MR) is 71.1 cm³/mol. The molecular formula is C12H15LiNS2-. The number of fused-ring (bicyclic) bond motifs is 1. The summed E-state index contributed by atoms with van der Waals surface area (Å²) in [5, 5.41) is 2.39. The molecule has 0 fully saturated rings. The van der Waals surface area contributed by atoms with E-state index in [4.69, 9.17) is 0 Å². The fourth-order valence-electron chi connectivity index (χ4n) is 1.48. The van der Waals surface area contributed by atoms with E-state index in [2.05, 4.69) is 43.1 Å². The predicted octanol–water partition coefficient (Wildman–Crippen LogP) is -1.45. The van der Waals surface area contributed by atoms with Crippen LogP contribution in [0.25, 0.3) is 12.2 Å². The maximum Gasteiger partial charge on any atom is 1.00 e. The van der Waals surface area contributed by atoms with E-state index in [1.807, 2.05) is 11.3 Å². The first-order valence-corrected chi connectivity index (χ1v) is 5.80. The van der Waals surface area contributed by atoms with E-state index in [9.17, 15) is 0 Å². The second-order valence-electron chi connectivity index (χ2n) is 3.52. The van der Waals surface area contributed by atoms with Crippen LogP contribution in [0.2, 0.25) is 0 Å². The summed E-state index contributed by atoms with van der Waals surface area (Å²) in [7, 11) is 0. The summed E-state index contributed by atoms with van der Waals surface area (Å²) >= 11 is 1.82. The normalized spacial score (nSPS) is 12.5. The molecule has 4 heteroatoms. The minimum Gasteiger partial charge on any atom is -0.813 e. The van der Waals surface area contributed by atoms with Crippen LogP contribution in [0.1, 0.15) is 25.3 Å². The number of rotatable bonds is 2. The number of aryl methyl sites for hydroxylation is 1. The fraction of sp³-hybridized carbons (Fsp3) is 0.333. The number of allylic oxidation sites excluding steroid dienone is 2. The molecule has 0 radical (unpaired) electrons. The van der Waals surface area contributed by atoms with Crippen LogP contribution in [-0.2, 0) is 19.9 Å². The molecule has 0 N–H and O–H groups in total. The minimum absolute atomic E-state index is 0. The Morgan fingerprint density at radius 2 is 2.19 bits per heavy atom. The van der Waals surface area contributed by atoms with Crippen molar-refractivity contribution < 1.29 is 18.9 Å². The number of thiol groups is 1. The van der Waals surface area contributed by atoms with Crippen molar-refractivity contribution in [1.29, 1.82) is 0 Å². The molecule has 1 aromatic heterocycles. The van der Waals surface area contributed by atoms with Gasteiger partial charge in [-0.15, -0.1) is 12.2 Å². The summed E-state index contributed by atoms with van der Waals surface area (Å²) in [4.78, 5) is 4.60. The molecule has 0 bridgehead atoms. The Kier molecular flexibility index (Phi) is 7.26. The molecule has 1 aromatic rings. The van der Waals surface area contributed by atoms with Crippen molar-refractivity contribution in [2.45, 2.75) is 26.7 Å². The topological polar surface area (TPSA) is 12.9 Å². The first-order chi connectivity index (χ1) is 6.79. The van der Waals surface area contributed by atoms with Gasteiger partial charge in [0.15, 0.2) is 0 Å². The summed E-state index contributed by atoms with van der Waals surface area (Å²) in [6.45, 7) is 4.32. The minimum atomic E-state index is 0. The van der Waals surface area contributed by atoms with Crippen LogP contribution in [0.5, 0.6) is 0 Å². The third-order valence-electron chi connectivity index (χ3n) is 2.16. The fourth-order valence-corrected chi connectivity index (χ4v) is 2.65. The largest absolute Gasteiger partial charge is 1.00 e. The number of thiazole rings is 1. The first kappa shape index (κ1) is 15.9. The third-order valence-corrected chi connectivity index (χ3v) is 3.24. The Morgan fingerprint density at radius 3 is 2.88 bits per heavy atom. The van der Waals surface area contributed by atoms with Crippen molar-refractivity contribution in [2.24, 2.45) is 0 Å². The van der Waals surface area contributed by atoms with Crippen LogP contribution in [0.15, 0.2) is 12.2 Å². The van der Waals surface area contributed by atoms with Gasteiger partial charge in [-0.2, -0.15) is 29.4 Å². The maximum absolute atomic E-state index is 4.60. The number of hydrogen-bond donors (Lipinski definition) is 0. The molecule has 2 rings (SSSR count). The molecule has 0 saturated carbocycles. The molecule has 0 unspecified atom stereocenters. The second-order valence-corrected chi connectivity index (χ2v) is 4.64. The Hall–Kier alpha value is -0.0726. The summed E-state index contributed by atoms with van der Waals surface area (Å²) in [5.41, 5.74) is 0. The first-order valence-electron chi connectivity index (χ1n) is 4.99. The Morgan fingerprint density at radius 1 is 1.44 bits per heavy atom. The van der Waals surface area contributed by atoms with Crippen LogP contribution in [0.3, 0.4) is 0 Å². The summed E-state index contributed by atoms with van der Waals surface area (Å²) in [6.07, 6.45) is 10.8. The molecule has 1 aliphatic carbocycles. The molecule has 0 aromatic carbocycles. The molecule has 0 aliphatic heterocycles. The Labute approximate surface area is 120 Å².